The van der Waals surface area contributed by atoms with E-state index in [9.17, 15) is 9.59 Å². The van der Waals surface area contributed by atoms with Crippen LogP contribution in [-0.4, -0.2) is 56.0 Å². The fraction of sp³-hybridized carbons (Fsp3) is 0.467. The summed E-state index contributed by atoms with van der Waals surface area (Å²) in [6.07, 6.45) is 0. The third-order valence-electron chi connectivity index (χ3n) is 3.13. The summed E-state index contributed by atoms with van der Waals surface area (Å²) in [4.78, 5) is 26.5. The van der Waals surface area contributed by atoms with Crippen LogP contribution in [0, 0.1) is 6.92 Å². The van der Waals surface area contributed by atoms with Crippen molar-refractivity contribution in [1.82, 2.24) is 9.80 Å². The second-order valence-electron chi connectivity index (χ2n) is 4.92. The Morgan fingerprint density at radius 1 is 1.15 bits per heavy atom. The third kappa shape index (κ3) is 5.01. The van der Waals surface area contributed by atoms with E-state index in [0.717, 1.165) is 11.1 Å². The summed E-state index contributed by atoms with van der Waals surface area (Å²) in [5, 5.41) is 0. The van der Waals surface area contributed by atoms with Gasteiger partial charge < -0.3 is 9.64 Å². The van der Waals surface area contributed by atoms with Gasteiger partial charge in [0.1, 0.15) is 0 Å². The summed E-state index contributed by atoms with van der Waals surface area (Å²) in [5.74, 6) is -0.374. The average molecular weight is 278 g/mol. The van der Waals surface area contributed by atoms with E-state index >= 15 is 0 Å². The van der Waals surface area contributed by atoms with Crippen molar-refractivity contribution in [2.45, 2.75) is 13.5 Å². The van der Waals surface area contributed by atoms with E-state index in [1.807, 2.05) is 31.2 Å². The van der Waals surface area contributed by atoms with Crippen LogP contribution in [0.2, 0.25) is 0 Å². The Hall–Kier alpha value is -1.88. The number of carbonyl (C=O) groups excluding carboxylic acids is 2. The number of rotatable bonds is 6. The Kier molecular flexibility index (Phi) is 6.18. The van der Waals surface area contributed by atoms with Gasteiger partial charge in [0, 0.05) is 13.6 Å². The first-order chi connectivity index (χ1) is 9.43. The standard InChI is InChI=1S/C15H22N2O3/c1-12-7-5-6-8-13(12)9-17(3)14(18)10-16(2)11-15(19)20-4/h5-8H,9-11H2,1-4H3. The molecule has 0 saturated heterocycles. The van der Waals surface area contributed by atoms with Crippen LogP contribution in [0.3, 0.4) is 0 Å². The summed E-state index contributed by atoms with van der Waals surface area (Å²) < 4.78 is 4.57. The zero-order valence-corrected chi connectivity index (χ0v) is 12.5. The molecule has 0 aliphatic heterocycles. The second-order valence-corrected chi connectivity index (χ2v) is 4.92. The molecule has 0 saturated carbocycles. The number of hydrogen-bond acceptors (Lipinski definition) is 4. The number of likely N-dealkylation sites (N-methyl/N-ethyl adjacent to an activating group) is 2. The first kappa shape index (κ1) is 16.2. The van der Waals surface area contributed by atoms with Gasteiger partial charge in [-0.05, 0) is 25.1 Å². The predicted octanol–water partition coefficient (Wildman–Crippen LogP) is 1.06. The Morgan fingerprint density at radius 2 is 1.80 bits per heavy atom. The molecule has 0 heterocycles. The molecule has 110 valence electrons. The molecule has 0 N–H and O–H groups in total. The van der Waals surface area contributed by atoms with E-state index in [2.05, 4.69) is 4.74 Å². The van der Waals surface area contributed by atoms with Gasteiger partial charge in [0.05, 0.1) is 20.2 Å². The van der Waals surface area contributed by atoms with E-state index in [-0.39, 0.29) is 25.0 Å². The smallest absolute Gasteiger partial charge is 0.319 e. The molecule has 5 heteroatoms. The van der Waals surface area contributed by atoms with Crippen LogP contribution in [-0.2, 0) is 20.9 Å². The quantitative estimate of drug-likeness (QED) is 0.730. The maximum Gasteiger partial charge on any atom is 0.319 e. The van der Waals surface area contributed by atoms with Crippen molar-refractivity contribution in [2.24, 2.45) is 0 Å². The number of carbonyl (C=O) groups is 2. The van der Waals surface area contributed by atoms with Gasteiger partial charge in [0.15, 0.2) is 0 Å². The summed E-state index contributed by atoms with van der Waals surface area (Å²) in [5.41, 5.74) is 2.29. The van der Waals surface area contributed by atoms with Crippen LogP contribution < -0.4 is 0 Å². The number of nitrogens with zero attached hydrogens (tertiary/aromatic N) is 2. The summed E-state index contributed by atoms with van der Waals surface area (Å²) in [6, 6.07) is 7.98. The van der Waals surface area contributed by atoms with Crippen molar-refractivity contribution in [3.05, 3.63) is 35.4 Å². The summed E-state index contributed by atoms with van der Waals surface area (Å²) in [6.45, 7) is 2.90. The molecule has 1 aromatic rings. The van der Waals surface area contributed by atoms with Crippen LogP contribution in [0.1, 0.15) is 11.1 Å². The number of esters is 1. The van der Waals surface area contributed by atoms with Gasteiger partial charge >= 0.3 is 5.97 Å². The molecule has 0 fully saturated rings. The van der Waals surface area contributed by atoms with Gasteiger partial charge in [-0.3, -0.25) is 14.5 Å². The number of amides is 1. The number of methoxy groups -OCH3 is 1. The minimum absolute atomic E-state index is 0.0281. The minimum atomic E-state index is -0.346. The predicted molar refractivity (Wildman–Crippen MR) is 77.2 cm³/mol. The van der Waals surface area contributed by atoms with Crippen LogP contribution in [0.25, 0.3) is 0 Å². The average Bonchev–Trinajstić information content (AvgIpc) is 2.40. The van der Waals surface area contributed by atoms with Gasteiger partial charge in [0.25, 0.3) is 0 Å². The molecule has 0 aliphatic rings. The highest BCUT2D eigenvalue weighted by atomic mass is 16.5. The molecular weight excluding hydrogens is 256 g/mol. The second kappa shape index (κ2) is 7.65. The highest BCUT2D eigenvalue weighted by Gasteiger charge is 2.14. The molecule has 0 spiro atoms. The maximum atomic E-state index is 12.1. The fourth-order valence-corrected chi connectivity index (χ4v) is 1.82. The number of benzene rings is 1. The molecular formula is C15H22N2O3. The molecule has 20 heavy (non-hydrogen) atoms. The van der Waals surface area contributed by atoms with E-state index in [1.165, 1.54) is 7.11 Å². The molecule has 5 nitrogen and oxygen atoms in total. The van der Waals surface area contributed by atoms with E-state index in [4.69, 9.17) is 0 Å². The minimum Gasteiger partial charge on any atom is -0.468 e. The SMILES string of the molecule is COC(=O)CN(C)CC(=O)N(C)Cc1ccccc1C. The van der Waals surface area contributed by atoms with Crippen molar-refractivity contribution in [3.63, 3.8) is 0 Å². The molecule has 1 aromatic carbocycles. The molecule has 0 unspecified atom stereocenters. The topological polar surface area (TPSA) is 49.9 Å². The molecule has 0 aliphatic carbocycles. The Morgan fingerprint density at radius 3 is 2.40 bits per heavy atom. The highest BCUT2D eigenvalue weighted by molar-refractivity contribution is 5.79. The summed E-state index contributed by atoms with van der Waals surface area (Å²) >= 11 is 0. The maximum absolute atomic E-state index is 12.1. The number of hydrogen-bond donors (Lipinski definition) is 0. The molecule has 1 rings (SSSR count). The fourth-order valence-electron chi connectivity index (χ4n) is 1.82. The Balaban J connectivity index is 2.51. The molecule has 1 amide bonds. The molecule has 0 aromatic heterocycles. The first-order valence-corrected chi connectivity index (χ1v) is 6.48. The van der Waals surface area contributed by atoms with Gasteiger partial charge in [-0.2, -0.15) is 0 Å². The molecule has 0 atom stereocenters. The molecule has 0 bridgehead atoms. The van der Waals surface area contributed by atoms with E-state index in [0.29, 0.717) is 6.54 Å². The van der Waals surface area contributed by atoms with Crippen molar-refractivity contribution in [3.8, 4) is 0 Å². The highest BCUT2D eigenvalue weighted by Crippen LogP contribution is 2.09. The number of aryl methyl sites for hydroxylation is 1. The Labute approximate surface area is 120 Å². The van der Waals surface area contributed by atoms with Gasteiger partial charge in [-0.15, -0.1) is 0 Å². The first-order valence-electron chi connectivity index (χ1n) is 6.48. The van der Waals surface area contributed by atoms with Crippen LogP contribution in [0.15, 0.2) is 24.3 Å². The lowest BCUT2D eigenvalue weighted by Gasteiger charge is -2.22. The van der Waals surface area contributed by atoms with Crippen molar-refractivity contribution >= 4 is 11.9 Å². The largest absolute Gasteiger partial charge is 0.468 e. The van der Waals surface area contributed by atoms with E-state index in [1.54, 1.807) is 23.9 Å². The lowest BCUT2D eigenvalue weighted by molar-refractivity contribution is -0.142. The van der Waals surface area contributed by atoms with E-state index < -0.39 is 0 Å². The lowest BCUT2D eigenvalue weighted by atomic mass is 10.1. The van der Waals surface area contributed by atoms with Crippen LogP contribution in [0.4, 0.5) is 0 Å². The Bertz CT molecular complexity index is 474. The van der Waals surface area contributed by atoms with Crippen molar-refractivity contribution in [2.75, 3.05) is 34.3 Å². The van der Waals surface area contributed by atoms with Crippen LogP contribution in [0.5, 0.6) is 0 Å². The van der Waals surface area contributed by atoms with Crippen molar-refractivity contribution in [1.29, 1.82) is 0 Å². The van der Waals surface area contributed by atoms with Crippen LogP contribution >= 0.6 is 0 Å². The zero-order valence-electron chi connectivity index (χ0n) is 12.5. The zero-order chi connectivity index (χ0) is 15.1. The monoisotopic (exact) mass is 278 g/mol. The third-order valence-corrected chi connectivity index (χ3v) is 3.13. The van der Waals surface area contributed by atoms with Gasteiger partial charge in [0.2, 0.25) is 5.91 Å². The normalized spacial score (nSPS) is 10.4. The summed E-state index contributed by atoms with van der Waals surface area (Å²) in [7, 11) is 4.82. The number of ether oxygens (including phenoxy) is 1. The van der Waals surface area contributed by atoms with Crippen molar-refractivity contribution < 1.29 is 14.3 Å². The lowest BCUT2D eigenvalue weighted by Crippen LogP contribution is -2.38. The molecule has 0 radical (unpaired) electrons. The van der Waals surface area contributed by atoms with Gasteiger partial charge in [-0.25, -0.2) is 0 Å². The van der Waals surface area contributed by atoms with Gasteiger partial charge in [-0.1, -0.05) is 24.3 Å².